The zero-order chi connectivity index (χ0) is 4.50. The molecule has 0 atom stereocenters. The number of halogens is 1. The van der Waals surface area contributed by atoms with E-state index in [1.54, 1.807) is 0 Å². The van der Waals surface area contributed by atoms with Gasteiger partial charge in [0.1, 0.15) is 0 Å². The monoisotopic (exact) mass is 133 g/mol. The van der Waals surface area contributed by atoms with Crippen molar-refractivity contribution in [2.24, 2.45) is 5.14 Å². The molecule has 40 valence electrons. The van der Waals surface area contributed by atoms with E-state index in [9.17, 15) is 3.89 Å². The topological polar surface area (TPSA) is 60.2 Å². The van der Waals surface area contributed by atoms with Gasteiger partial charge in [0, 0.05) is 0 Å². The molecule has 0 aliphatic rings. The summed E-state index contributed by atoms with van der Waals surface area (Å²) in [5.74, 6) is 0. The summed E-state index contributed by atoms with van der Waals surface area (Å²) < 4.78 is 27.9. The molecule has 0 bridgehead atoms. The quantitative estimate of drug-likeness (QED) is 0.443. The summed E-state index contributed by atoms with van der Waals surface area (Å²) in [7, 11) is -4.67. The van der Waals surface area contributed by atoms with E-state index in [1.165, 1.54) is 0 Å². The molecule has 6 heavy (non-hydrogen) atoms. The van der Waals surface area contributed by atoms with Gasteiger partial charge in [0.25, 0.3) is 0 Å². The van der Waals surface area contributed by atoms with Gasteiger partial charge >= 0.3 is 10.4 Å². The van der Waals surface area contributed by atoms with Gasteiger partial charge in [0.15, 0.2) is 0 Å². The maximum absolute atomic E-state index is 10.4. The number of hydrogen-bond acceptors (Lipinski definition) is 2. The van der Waals surface area contributed by atoms with Crippen LogP contribution in [0.3, 0.4) is 0 Å². The van der Waals surface area contributed by atoms with Crippen molar-refractivity contribution in [1.29, 1.82) is 0 Å². The van der Waals surface area contributed by atoms with Crippen molar-refractivity contribution in [3.8, 4) is 0 Å². The molecule has 0 unspecified atom stereocenters. The molecule has 0 saturated carbocycles. The highest BCUT2D eigenvalue weighted by Gasteiger charge is 1.86. The van der Waals surface area contributed by atoms with E-state index >= 15 is 0 Å². The molecular formula is H4FNO2S2. The molecule has 0 spiro atoms. The summed E-state index contributed by atoms with van der Waals surface area (Å²) in [6.45, 7) is 0. The molecule has 0 saturated heterocycles. The van der Waals surface area contributed by atoms with Gasteiger partial charge in [-0.05, 0) is 0 Å². The molecule has 0 rings (SSSR count). The number of nitrogens with two attached hydrogens (primary N) is 1. The van der Waals surface area contributed by atoms with Crippen LogP contribution in [0, 0.1) is 0 Å². The minimum absolute atomic E-state index is 0. The summed E-state index contributed by atoms with van der Waals surface area (Å²) >= 11 is 0. The van der Waals surface area contributed by atoms with E-state index < -0.39 is 10.4 Å². The van der Waals surface area contributed by atoms with Crippen LogP contribution in [0.5, 0.6) is 0 Å². The first-order valence-electron chi connectivity index (χ1n) is 0.723. The Hall–Kier alpha value is 0.190. The van der Waals surface area contributed by atoms with Crippen molar-refractivity contribution in [1.82, 2.24) is 0 Å². The molecule has 0 aromatic heterocycles. The molecule has 0 aromatic rings. The molecule has 6 heteroatoms. The molecule has 0 aromatic carbocycles. The molecule has 0 fully saturated rings. The highest BCUT2D eigenvalue weighted by Crippen LogP contribution is 1.67. The van der Waals surface area contributed by atoms with Crippen molar-refractivity contribution >= 4 is 23.9 Å². The lowest BCUT2D eigenvalue weighted by atomic mass is 13.9. The molecule has 0 amide bonds. The molecule has 0 aliphatic carbocycles. The summed E-state index contributed by atoms with van der Waals surface area (Å²) in [4.78, 5) is 0. The summed E-state index contributed by atoms with van der Waals surface area (Å²) in [5.41, 5.74) is 0. The van der Waals surface area contributed by atoms with Crippen molar-refractivity contribution in [3.05, 3.63) is 0 Å². The third-order valence-electron chi connectivity index (χ3n) is 0. The van der Waals surface area contributed by atoms with Gasteiger partial charge in [-0.25, -0.2) is 5.14 Å². The zero-order valence-electron chi connectivity index (χ0n) is 2.68. The molecule has 0 aliphatic heterocycles. The van der Waals surface area contributed by atoms with Gasteiger partial charge in [0.05, 0.1) is 0 Å². The average molecular weight is 133 g/mol. The second-order valence-corrected chi connectivity index (χ2v) is 1.43. The maximum atomic E-state index is 10.4. The highest BCUT2D eigenvalue weighted by atomic mass is 32.3. The Morgan fingerprint density at radius 1 is 1.50 bits per heavy atom. The molecule has 0 radical (unpaired) electrons. The van der Waals surface area contributed by atoms with Gasteiger partial charge in [-0.2, -0.15) is 21.9 Å². The highest BCUT2D eigenvalue weighted by molar-refractivity contribution is 7.83. The Bertz CT molecular complexity index is 94.7. The summed E-state index contributed by atoms with van der Waals surface area (Å²) in [6.07, 6.45) is 0. The zero-order valence-corrected chi connectivity index (χ0v) is 4.50. The fourth-order valence-electron chi connectivity index (χ4n) is 0. The van der Waals surface area contributed by atoms with Crippen LogP contribution in [0.2, 0.25) is 0 Å². The first-order chi connectivity index (χ1) is 2.00. The van der Waals surface area contributed by atoms with Gasteiger partial charge in [-0.1, -0.05) is 3.89 Å². The van der Waals surface area contributed by atoms with Crippen molar-refractivity contribution in [2.75, 3.05) is 0 Å². The lowest BCUT2D eigenvalue weighted by Gasteiger charge is -1.64. The van der Waals surface area contributed by atoms with Crippen LogP contribution < -0.4 is 5.14 Å². The molecule has 2 N–H and O–H groups in total. The van der Waals surface area contributed by atoms with E-state index in [2.05, 4.69) is 5.14 Å². The van der Waals surface area contributed by atoms with Gasteiger partial charge in [0.2, 0.25) is 0 Å². The minimum atomic E-state index is -4.67. The Morgan fingerprint density at radius 2 is 1.50 bits per heavy atom. The number of rotatable bonds is 0. The van der Waals surface area contributed by atoms with Crippen molar-refractivity contribution in [3.63, 3.8) is 0 Å². The Balaban J connectivity index is 0. The van der Waals surface area contributed by atoms with E-state index in [4.69, 9.17) is 8.42 Å². The lowest BCUT2D eigenvalue weighted by molar-refractivity contribution is 0.554. The third-order valence-corrected chi connectivity index (χ3v) is 0. The van der Waals surface area contributed by atoms with Gasteiger partial charge in [-0.3, -0.25) is 0 Å². The lowest BCUT2D eigenvalue weighted by Crippen LogP contribution is -2.01. The number of hydrogen-bond donors (Lipinski definition) is 1. The Kier molecular flexibility index (Phi) is 3.76. The first kappa shape index (κ1) is 9.50. The maximum Gasteiger partial charge on any atom is 0.369 e. The fourth-order valence-corrected chi connectivity index (χ4v) is 0. The largest absolute Gasteiger partial charge is 0.369 e. The third kappa shape index (κ3) is 1180. The van der Waals surface area contributed by atoms with Crippen molar-refractivity contribution < 1.29 is 12.3 Å². The standard InChI is InChI=1S/FH2NO2S.H2S/c1-5(2,3)4;/h(H2,2,3,4);1H2. The smallest absolute Gasteiger partial charge is 0.202 e. The van der Waals surface area contributed by atoms with Crippen LogP contribution in [0.25, 0.3) is 0 Å². The average Bonchev–Trinajstić information content (AvgIpc) is 0.722. The fraction of sp³-hybridized carbons (Fsp3) is 0. The second kappa shape index (κ2) is 2.38. The Labute approximate surface area is 42.1 Å². The van der Waals surface area contributed by atoms with Crippen molar-refractivity contribution in [2.45, 2.75) is 0 Å². The minimum Gasteiger partial charge on any atom is -0.202 e. The molecule has 0 heterocycles. The van der Waals surface area contributed by atoms with Crippen LogP contribution in [-0.4, -0.2) is 8.42 Å². The molecular weight excluding hydrogens is 129 g/mol. The van der Waals surface area contributed by atoms with E-state index in [0.717, 1.165) is 0 Å². The Morgan fingerprint density at radius 3 is 1.50 bits per heavy atom. The van der Waals surface area contributed by atoms with Crippen LogP contribution in [0.15, 0.2) is 0 Å². The second-order valence-electron chi connectivity index (χ2n) is 0.476. The predicted molar refractivity (Wildman–Crippen MR) is 24.6 cm³/mol. The predicted octanol–water partition coefficient (Wildman–Crippen LogP) is -0.728. The first-order valence-corrected chi connectivity index (χ1v) is 2.17. The van der Waals surface area contributed by atoms with E-state index in [-0.39, 0.29) is 13.5 Å². The summed E-state index contributed by atoms with van der Waals surface area (Å²) in [5, 5.41) is 3.66. The van der Waals surface area contributed by atoms with Crippen LogP contribution >= 0.6 is 13.5 Å². The van der Waals surface area contributed by atoms with Gasteiger partial charge < -0.3 is 0 Å². The van der Waals surface area contributed by atoms with E-state index in [1.807, 2.05) is 0 Å². The molecule has 3 nitrogen and oxygen atoms in total. The summed E-state index contributed by atoms with van der Waals surface area (Å²) in [6, 6.07) is 0. The van der Waals surface area contributed by atoms with Gasteiger partial charge in [-0.15, -0.1) is 0 Å². The van der Waals surface area contributed by atoms with Crippen LogP contribution in [0.1, 0.15) is 0 Å². The van der Waals surface area contributed by atoms with Crippen LogP contribution in [-0.2, 0) is 10.4 Å². The van der Waals surface area contributed by atoms with Crippen LogP contribution in [0.4, 0.5) is 3.89 Å². The normalized spacial score (nSPS) is 9.67. The van der Waals surface area contributed by atoms with E-state index in [0.29, 0.717) is 0 Å². The SMILES string of the molecule is NS(=O)(=O)F.S.